The lowest BCUT2D eigenvalue weighted by Crippen LogP contribution is -2.29. The molecular formula is C17H21NO5. The third-order valence-electron chi connectivity index (χ3n) is 3.69. The minimum absolute atomic E-state index is 0.0945. The van der Waals surface area contributed by atoms with E-state index < -0.39 is 12.6 Å². The second kappa shape index (κ2) is 8.22. The van der Waals surface area contributed by atoms with E-state index in [1.807, 2.05) is 0 Å². The molecular weight excluding hydrogens is 298 g/mol. The van der Waals surface area contributed by atoms with Crippen LogP contribution >= 0.6 is 0 Å². The molecule has 0 saturated carbocycles. The molecule has 0 fully saturated rings. The molecule has 1 aliphatic rings. The fourth-order valence-electron chi connectivity index (χ4n) is 2.45. The molecule has 0 saturated heterocycles. The molecule has 2 rings (SSSR count). The van der Waals surface area contributed by atoms with Gasteiger partial charge in [-0.15, -0.1) is 0 Å². The number of allylic oxidation sites excluding steroid dienone is 1. The SMILES string of the molecule is O=C(COC(=O)c1ccc(O)cc1O)NCCC1=CCCCC1. The quantitative estimate of drug-likeness (QED) is 0.552. The Kier molecular flexibility index (Phi) is 6.02. The zero-order valence-corrected chi connectivity index (χ0v) is 12.9. The molecule has 0 atom stereocenters. The lowest BCUT2D eigenvalue weighted by molar-refractivity contribution is -0.124. The second-order valence-electron chi connectivity index (χ2n) is 5.49. The van der Waals surface area contributed by atoms with Gasteiger partial charge in [-0.1, -0.05) is 11.6 Å². The van der Waals surface area contributed by atoms with E-state index in [1.165, 1.54) is 30.5 Å². The van der Waals surface area contributed by atoms with Crippen molar-refractivity contribution in [1.29, 1.82) is 0 Å². The molecule has 0 bridgehead atoms. The van der Waals surface area contributed by atoms with Crippen LogP contribution in [-0.4, -0.2) is 35.2 Å². The summed E-state index contributed by atoms with van der Waals surface area (Å²) in [5, 5.41) is 21.4. The van der Waals surface area contributed by atoms with Gasteiger partial charge in [0.05, 0.1) is 0 Å². The van der Waals surface area contributed by atoms with E-state index in [2.05, 4.69) is 11.4 Å². The van der Waals surface area contributed by atoms with E-state index in [9.17, 15) is 14.7 Å². The van der Waals surface area contributed by atoms with Crippen molar-refractivity contribution in [2.45, 2.75) is 32.1 Å². The average molecular weight is 319 g/mol. The van der Waals surface area contributed by atoms with Gasteiger partial charge in [-0.05, 0) is 44.2 Å². The molecule has 3 N–H and O–H groups in total. The Balaban J connectivity index is 1.71. The molecule has 6 nitrogen and oxygen atoms in total. The van der Waals surface area contributed by atoms with Crippen molar-refractivity contribution >= 4 is 11.9 Å². The number of rotatable bonds is 6. The standard InChI is InChI=1S/C17H21NO5/c19-13-6-7-14(15(20)10-13)17(22)23-11-16(21)18-9-8-12-4-2-1-3-5-12/h4,6-7,10,19-20H,1-3,5,8-9,11H2,(H,18,21). The van der Waals surface area contributed by atoms with Gasteiger partial charge in [-0.3, -0.25) is 4.79 Å². The smallest absolute Gasteiger partial charge is 0.342 e. The third kappa shape index (κ3) is 5.32. The molecule has 124 valence electrons. The van der Waals surface area contributed by atoms with Crippen LogP contribution in [0.2, 0.25) is 0 Å². The zero-order valence-electron chi connectivity index (χ0n) is 12.9. The summed E-state index contributed by atoms with van der Waals surface area (Å²) in [5.74, 6) is -1.74. The summed E-state index contributed by atoms with van der Waals surface area (Å²) in [6.07, 6.45) is 7.67. The first-order valence-corrected chi connectivity index (χ1v) is 7.70. The van der Waals surface area contributed by atoms with Crippen LogP contribution in [-0.2, 0) is 9.53 Å². The lowest BCUT2D eigenvalue weighted by atomic mass is 9.97. The Morgan fingerprint density at radius 2 is 2.04 bits per heavy atom. The number of benzene rings is 1. The van der Waals surface area contributed by atoms with E-state index in [-0.39, 0.29) is 23.0 Å². The normalized spacial score (nSPS) is 14.0. The van der Waals surface area contributed by atoms with Gasteiger partial charge in [-0.2, -0.15) is 0 Å². The number of hydrogen-bond acceptors (Lipinski definition) is 5. The predicted octanol–water partition coefficient (Wildman–Crippen LogP) is 2.26. The number of nitrogens with one attached hydrogen (secondary N) is 1. The summed E-state index contributed by atoms with van der Waals surface area (Å²) in [6, 6.07) is 3.53. The number of carbonyl (C=O) groups excluding carboxylic acids is 2. The molecule has 0 aromatic heterocycles. The van der Waals surface area contributed by atoms with Crippen molar-refractivity contribution in [3.8, 4) is 11.5 Å². The topological polar surface area (TPSA) is 95.9 Å². The highest BCUT2D eigenvalue weighted by Gasteiger charge is 2.14. The van der Waals surface area contributed by atoms with Gasteiger partial charge in [0, 0.05) is 12.6 Å². The maximum absolute atomic E-state index is 11.7. The van der Waals surface area contributed by atoms with E-state index >= 15 is 0 Å². The van der Waals surface area contributed by atoms with Gasteiger partial charge in [0.1, 0.15) is 17.1 Å². The number of esters is 1. The highest BCUT2D eigenvalue weighted by molar-refractivity contribution is 5.94. The summed E-state index contributed by atoms with van der Waals surface area (Å²) in [7, 11) is 0. The van der Waals surface area contributed by atoms with Crippen molar-refractivity contribution in [2.75, 3.05) is 13.2 Å². The number of carbonyl (C=O) groups is 2. The van der Waals surface area contributed by atoms with Crippen LogP contribution in [0.5, 0.6) is 11.5 Å². The summed E-state index contributed by atoms with van der Waals surface area (Å²) in [6.45, 7) is 0.116. The van der Waals surface area contributed by atoms with Gasteiger partial charge in [0.2, 0.25) is 0 Å². The minimum Gasteiger partial charge on any atom is -0.508 e. The maximum atomic E-state index is 11.7. The second-order valence-corrected chi connectivity index (χ2v) is 5.49. The molecule has 0 unspecified atom stereocenters. The molecule has 1 aromatic rings. The average Bonchev–Trinajstić information content (AvgIpc) is 2.53. The minimum atomic E-state index is -0.812. The van der Waals surface area contributed by atoms with E-state index in [0.29, 0.717) is 6.54 Å². The predicted molar refractivity (Wildman–Crippen MR) is 84.2 cm³/mol. The fourth-order valence-corrected chi connectivity index (χ4v) is 2.45. The zero-order chi connectivity index (χ0) is 16.7. The van der Waals surface area contributed by atoms with E-state index in [0.717, 1.165) is 25.3 Å². The Labute approximate surface area is 134 Å². The van der Waals surface area contributed by atoms with Gasteiger partial charge in [-0.25, -0.2) is 4.79 Å². The number of phenolic OH excluding ortho intramolecular Hbond substituents is 2. The number of phenols is 2. The third-order valence-corrected chi connectivity index (χ3v) is 3.69. The van der Waals surface area contributed by atoms with Crippen molar-refractivity contribution in [3.05, 3.63) is 35.4 Å². The molecule has 1 aliphatic carbocycles. The first kappa shape index (κ1) is 16.9. The molecule has 23 heavy (non-hydrogen) atoms. The van der Waals surface area contributed by atoms with Gasteiger partial charge in [0.15, 0.2) is 6.61 Å². The van der Waals surface area contributed by atoms with Crippen LogP contribution in [0.25, 0.3) is 0 Å². The van der Waals surface area contributed by atoms with Gasteiger partial charge >= 0.3 is 5.97 Å². The molecule has 6 heteroatoms. The Bertz CT molecular complexity index is 609. The Morgan fingerprint density at radius 1 is 1.22 bits per heavy atom. The summed E-state index contributed by atoms with van der Waals surface area (Å²) in [5.41, 5.74) is 1.27. The maximum Gasteiger partial charge on any atom is 0.342 e. The first-order valence-electron chi connectivity index (χ1n) is 7.70. The van der Waals surface area contributed by atoms with Crippen molar-refractivity contribution in [3.63, 3.8) is 0 Å². The Hall–Kier alpha value is -2.50. The highest BCUT2D eigenvalue weighted by Crippen LogP contribution is 2.23. The molecule has 0 spiro atoms. The van der Waals surface area contributed by atoms with Crippen LogP contribution in [0.4, 0.5) is 0 Å². The van der Waals surface area contributed by atoms with Crippen LogP contribution in [0.3, 0.4) is 0 Å². The van der Waals surface area contributed by atoms with Crippen LogP contribution in [0.15, 0.2) is 29.8 Å². The molecule has 0 heterocycles. The summed E-state index contributed by atoms with van der Waals surface area (Å²) >= 11 is 0. The fraction of sp³-hybridized carbons (Fsp3) is 0.412. The highest BCUT2D eigenvalue weighted by atomic mass is 16.5. The first-order chi connectivity index (χ1) is 11.1. The molecule has 1 aromatic carbocycles. The molecule has 1 amide bonds. The van der Waals surface area contributed by atoms with Crippen LogP contribution in [0, 0.1) is 0 Å². The summed E-state index contributed by atoms with van der Waals surface area (Å²) in [4.78, 5) is 23.4. The largest absolute Gasteiger partial charge is 0.508 e. The molecule has 0 aliphatic heterocycles. The Morgan fingerprint density at radius 3 is 2.74 bits per heavy atom. The monoisotopic (exact) mass is 319 g/mol. The lowest BCUT2D eigenvalue weighted by Gasteiger charge is -2.13. The van der Waals surface area contributed by atoms with Crippen molar-refractivity contribution in [1.82, 2.24) is 5.32 Å². The van der Waals surface area contributed by atoms with Gasteiger partial charge in [0.25, 0.3) is 5.91 Å². The number of ether oxygens (including phenoxy) is 1. The number of amides is 1. The van der Waals surface area contributed by atoms with Crippen molar-refractivity contribution < 1.29 is 24.5 Å². The summed E-state index contributed by atoms with van der Waals surface area (Å²) < 4.78 is 4.85. The van der Waals surface area contributed by atoms with E-state index in [1.54, 1.807) is 0 Å². The number of hydrogen-bond donors (Lipinski definition) is 3. The number of aromatic hydroxyl groups is 2. The van der Waals surface area contributed by atoms with E-state index in [4.69, 9.17) is 9.84 Å². The van der Waals surface area contributed by atoms with Crippen LogP contribution in [0.1, 0.15) is 42.5 Å². The van der Waals surface area contributed by atoms with Gasteiger partial charge < -0.3 is 20.3 Å². The van der Waals surface area contributed by atoms with Crippen molar-refractivity contribution in [2.24, 2.45) is 0 Å². The van der Waals surface area contributed by atoms with Crippen LogP contribution < -0.4 is 5.32 Å². The molecule has 0 radical (unpaired) electrons.